The number of likely N-dealkylation sites (N-methyl/N-ethyl adjacent to an activating group) is 1. The van der Waals surface area contributed by atoms with E-state index >= 15 is 0 Å². The van der Waals surface area contributed by atoms with Crippen LogP contribution in [0.3, 0.4) is 0 Å². The molecule has 0 aromatic carbocycles. The van der Waals surface area contributed by atoms with Crippen LogP contribution in [0.4, 0.5) is 0 Å². The lowest BCUT2D eigenvalue weighted by Gasteiger charge is -2.19. The molecular weight excluding hydrogens is 208 g/mol. The molecule has 3 heteroatoms. The summed E-state index contributed by atoms with van der Waals surface area (Å²) in [5.74, 6) is 1.29. The summed E-state index contributed by atoms with van der Waals surface area (Å²) in [6, 6.07) is 6.05. The number of pyridine rings is 1. The largest absolute Gasteiger partial charge is 0.306 e. The first kappa shape index (κ1) is 12.5. The van der Waals surface area contributed by atoms with Gasteiger partial charge in [0.05, 0.1) is 0 Å². The molecule has 0 fully saturated rings. The van der Waals surface area contributed by atoms with E-state index in [4.69, 9.17) is 11.6 Å². The molecule has 2 nitrogen and oxygen atoms in total. The van der Waals surface area contributed by atoms with E-state index < -0.39 is 0 Å². The Morgan fingerprint density at radius 1 is 1.47 bits per heavy atom. The van der Waals surface area contributed by atoms with Crippen LogP contribution in [0.15, 0.2) is 24.4 Å². The highest BCUT2D eigenvalue weighted by atomic mass is 35.5. The van der Waals surface area contributed by atoms with Gasteiger partial charge in [-0.1, -0.05) is 13.0 Å². The van der Waals surface area contributed by atoms with Gasteiger partial charge in [-0.15, -0.1) is 11.6 Å². The number of hydrogen-bond donors (Lipinski definition) is 0. The number of alkyl halides is 1. The molecular formula is C12H19ClN2. The molecule has 0 aliphatic heterocycles. The number of aromatic nitrogens is 1. The third kappa shape index (κ3) is 5.14. The van der Waals surface area contributed by atoms with Crippen LogP contribution in [0.5, 0.6) is 0 Å². The molecule has 0 aliphatic carbocycles. The molecule has 1 heterocycles. The van der Waals surface area contributed by atoms with Crippen molar-refractivity contribution in [3.63, 3.8) is 0 Å². The maximum atomic E-state index is 5.77. The van der Waals surface area contributed by atoms with Crippen molar-refractivity contribution in [1.29, 1.82) is 0 Å². The van der Waals surface area contributed by atoms with Crippen molar-refractivity contribution in [2.24, 2.45) is 5.92 Å². The van der Waals surface area contributed by atoms with Gasteiger partial charge in [0.1, 0.15) is 0 Å². The van der Waals surface area contributed by atoms with Crippen LogP contribution in [0, 0.1) is 5.92 Å². The van der Waals surface area contributed by atoms with Crippen LogP contribution in [0.2, 0.25) is 0 Å². The van der Waals surface area contributed by atoms with Crippen molar-refractivity contribution in [1.82, 2.24) is 9.88 Å². The van der Waals surface area contributed by atoms with Crippen molar-refractivity contribution in [3.8, 4) is 0 Å². The highest BCUT2D eigenvalue weighted by molar-refractivity contribution is 6.18. The van der Waals surface area contributed by atoms with Gasteiger partial charge < -0.3 is 4.90 Å². The molecule has 15 heavy (non-hydrogen) atoms. The second-order valence-electron chi connectivity index (χ2n) is 4.09. The molecule has 0 saturated heterocycles. The lowest BCUT2D eigenvalue weighted by molar-refractivity contribution is 0.300. The lowest BCUT2D eigenvalue weighted by Crippen LogP contribution is -2.27. The van der Waals surface area contributed by atoms with E-state index in [-0.39, 0.29) is 0 Å². The fourth-order valence-electron chi connectivity index (χ4n) is 1.52. The molecule has 1 aromatic heterocycles. The SMILES string of the molecule is CC(CCl)CN(C)CCc1ccccn1. The maximum absolute atomic E-state index is 5.77. The van der Waals surface area contributed by atoms with Crippen LogP contribution in [0.1, 0.15) is 12.6 Å². The molecule has 0 radical (unpaired) electrons. The highest BCUT2D eigenvalue weighted by Gasteiger charge is 2.05. The molecule has 0 amide bonds. The second kappa shape index (κ2) is 6.81. The summed E-state index contributed by atoms with van der Waals surface area (Å²) in [4.78, 5) is 6.60. The van der Waals surface area contributed by atoms with E-state index in [0.717, 1.165) is 31.1 Å². The zero-order valence-corrected chi connectivity index (χ0v) is 10.2. The van der Waals surface area contributed by atoms with Gasteiger partial charge in [-0.2, -0.15) is 0 Å². The molecule has 0 bridgehead atoms. The van der Waals surface area contributed by atoms with E-state index in [2.05, 4.69) is 29.9 Å². The Kier molecular flexibility index (Phi) is 5.66. The van der Waals surface area contributed by atoms with Gasteiger partial charge in [0.25, 0.3) is 0 Å². The fraction of sp³-hybridized carbons (Fsp3) is 0.583. The summed E-state index contributed by atoms with van der Waals surface area (Å²) in [5, 5.41) is 0. The Balaban J connectivity index is 2.25. The summed E-state index contributed by atoms with van der Waals surface area (Å²) in [5.41, 5.74) is 1.16. The van der Waals surface area contributed by atoms with Crippen LogP contribution in [0.25, 0.3) is 0 Å². The number of rotatable bonds is 6. The Bertz CT molecular complexity index is 264. The molecule has 0 aliphatic rings. The van der Waals surface area contributed by atoms with Crippen molar-refractivity contribution in [2.75, 3.05) is 26.0 Å². The monoisotopic (exact) mass is 226 g/mol. The minimum atomic E-state index is 0.556. The zero-order valence-electron chi connectivity index (χ0n) is 9.49. The normalized spacial score (nSPS) is 13.1. The van der Waals surface area contributed by atoms with Gasteiger partial charge in [0.2, 0.25) is 0 Å². The quantitative estimate of drug-likeness (QED) is 0.693. The third-order valence-corrected chi connectivity index (χ3v) is 2.89. The van der Waals surface area contributed by atoms with Crippen LogP contribution in [-0.2, 0) is 6.42 Å². The Morgan fingerprint density at radius 3 is 2.87 bits per heavy atom. The fourth-order valence-corrected chi connectivity index (χ4v) is 1.62. The molecule has 1 rings (SSSR count). The zero-order chi connectivity index (χ0) is 11.1. The average Bonchev–Trinajstić information content (AvgIpc) is 2.27. The van der Waals surface area contributed by atoms with Crippen LogP contribution in [-0.4, -0.2) is 35.9 Å². The summed E-state index contributed by atoms with van der Waals surface area (Å²) < 4.78 is 0. The van der Waals surface area contributed by atoms with Gasteiger partial charge in [0, 0.05) is 37.3 Å². The number of nitrogens with zero attached hydrogens (tertiary/aromatic N) is 2. The first-order valence-corrected chi connectivity index (χ1v) is 5.90. The number of hydrogen-bond acceptors (Lipinski definition) is 2. The smallest absolute Gasteiger partial charge is 0.0416 e. The van der Waals surface area contributed by atoms with E-state index in [1.165, 1.54) is 0 Å². The topological polar surface area (TPSA) is 16.1 Å². The Morgan fingerprint density at radius 2 is 2.27 bits per heavy atom. The van der Waals surface area contributed by atoms with E-state index in [1.807, 2.05) is 18.3 Å². The van der Waals surface area contributed by atoms with Crippen LogP contribution >= 0.6 is 11.6 Å². The minimum absolute atomic E-state index is 0.556. The lowest BCUT2D eigenvalue weighted by atomic mass is 10.2. The van der Waals surface area contributed by atoms with Gasteiger partial charge >= 0.3 is 0 Å². The van der Waals surface area contributed by atoms with Crippen LogP contribution < -0.4 is 0 Å². The molecule has 0 N–H and O–H groups in total. The van der Waals surface area contributed by atoms with Gasteiger partial charge in [-0.3, -0.25) is 4.98 Å². The highest BCUT2D eigenvalue weighted by Crippen LogP contribution is 2.02. The number of halogens is 1. The van der Waals surface area contributed by atoms with Gasteiger partial charge in [-0.05, 0) is 25.1 Å². The minimum Gasteiger partial charge on any atom is -0.306 e. The summed E-state index contributed by atoms with van der Waals surface area (Å²) in [7, 11) is 2.13. The molecule has 1 unspecified atom stereocenters. The first-order valence-electron chi connectivity index (χ1n) is 5.36. The van der Waals surface area contributed by atoms with Gasteiger partial charge in [0.15, 0.2) is 0 Å². The molecule has 84 valence electrons. The van der Waals surface area contributed by atoms with Crippen molar-refractivity contribution < 1.29 is 0 Å². The standard InChI is InChI=1S/C12H19ClN2/c1-11(9-13)10-15(2)8-6-12-5-3-4-7-14-12/h3-5,7,11H,6,8-10H2,1-2H3. The maximum Gasteiger partial charge on any atom is 0.0416 e. The Hall–Kier alpha value is -0.600. The van der Waals surface area contributed by atoms with Crippen molar-refractivity contribution >= 4 is 11.6 Å². The van der Waals surface area contributed by atoms with E-state index in [1.54, 1.807) is 0 Å². The summed E-state index contributed by atoms with van der Waals surface area (Å²) in [6.07, 6.45) is 2.85. The average molecular weight is 227 g/mol. The van der Waals surface area contributed by atoms with E-state index in [9.17, 15) is 0 Å². The Labute approximate surface area is 97.3 Å². The molecule has 0 spiro atoms. The predicted octanol–water partition coefficient (Wildman–Crippen LogP) is 2.43. The van der Waals surface area contributed by atoms with E-state index in [0.29, 0.717) is 5.92 Å². The third-order valence-electron chi connectivity index (χ3n) is 2.36. The first-order chi connectivity index (χ1) is 7.22. The molecule has 1 aromatic rings. The predicted molar refractivity (Wildman–Crippen MR) is 65.3 cm³/mol. The molecule has 1 atom stereocenters. The van der Waals surface area contributed by atoms with Crippen molar-refractivity contribution in [2.45, 2.75) is 13.3 Å². The molecule has 0 saturated carbocycles. The summed E-state index contributed by atoms with van der Waals surface area (Å²) >= 11 is 5.77. The van der Waals surface area contributed by atoms with Gasteiger partial charge in [-0.25, -0.2) is 0 Å². The van der Waals surface area contributed by atoms with Crippen molar-refractivity contribution in [3.05, 3.63) is 30.1 Å². The summed E-state index contributed by atoms with van der Waals surface area (Å²) in [6.45, 7) is 4.26. The second-order valence-corrected chi connectivity index (χ2v) is 4.40.